The molecular weight excluding hydrogens is 384 g/mol. The quantitative estimate of drug-likeness (QED) is 0.661. The van der Waals surface area contributed by atoms with Crippen LogP contribution in [-0.2, 0) is 19.6 Å². The highest BCUT2D eigenvalue weighted by Gasteiger charge is 2.27. The number of rotatable bonds is 7. The molecule has 1 saturated carbocycles. The summed E-state index contributed by atoms with van der Waals surface area (Å²) in [6.45, 7) is 3.59. The van der Waals surface area contributed by atoms with Crippen LogP contribution in [0.2, 0.25) is 0 Å². The summed E-state index contributed by atoms with van der Waals surface area (Å²) in [6, 6.07) is 4.01. The monoisotopic (exact) mass is 412 g/mol. The molecule has 1 aliphatic carbocycles. The van der Waals surface area contributed by atoms with E-state index < -0.39 is 22.1 Å². The number of hydrogen-bond donors (Lipinski definition) is 2. The summed E-state index contributed by atoms with van der Waals surface area (Å²) < 4.78 is 36.7. The van der Waals surface area contributed by atoms with E-state index in [1.54, 1.807) is 0 Å². The van der Waals surface area contributed by atoms with E-state index in [0.29, 0.717) is 5.92 Å². The maximum atomic E-state index is 12.4. The Morgan fingerprint density at radius 3 is 2.50 bits per heavy atom. The molecule has 1 amide bonds. The minimum absolute atomic E-state index is 0.0142. The van der Waals surface area contributed by atoms with Gasteiger partial charge in [0, 0.05) is 6.04 Å². The van der Waals surface area contributed by atoms with Gasteiger partial charge in [-0.25, -0.2) is 17.9 Å². The fourth-order valence-corrected chi connectivity index (χ4v) is 4.15. The normalized spacial score (nSPS) is 20.9. The largest absolute Gasteiger partial charge is 0.495 e. The molecule has 3 atom stereocenters. The number of ether oxygens (including phenoxy) is 2. The summed E-state index contributed by atoms with van der Waals surface area (Å²) in [5.74, 6) is -0.655. The Labute approximate surface area is 166 Å². The third-order valence-electron chi connectivity index (χ3n) is 5.05. The number of amides is 1. The molecule has 0 heterocycles. The van der Waals surface area contributed by atoms with Gasteiger partial charge in [-0.15, -0.1) is 0 Å². The van der Waals surface area contributed by atoms with Crippen molar-refractivity contribution in [1.29, 1.82) is 0 Å². The van der Waals surface area contributed by atoms with Crippen molar-refractivity contribution in [2.45, 2.75) is 56.6 Å². The van der Waals surface area contributed by atoms with Crippen LogP contribution in [0.15, 0.2) is 23.1 Å². The Hall–Kier alpha value is -2.13. The van der Waals surface area contributed by atoms with Crippen molar-refractivity contribution < 1.29 is 27.5 Å². The van der Waals surface area contributed by atoms with Crippen molar-refractivity contribution in [1.82, 2.24) is 10.0 Å². The van der Waals surface area contributed by atoms with Crippen LogP contribution in [0.5, 0.6) is 5.75 Å². The first-order valence-corrected chi connectivity index (χ1v) is 10.8. The maximum Gasteiger partial charge on any atom is 0.338 e. The van der Waals surface area contributed by atoms with Gasteiger partial charge in [-0.1, -0.05) is 19.8 Å². The Balaban J connectivity index is 2.09. The van der Waals surface area contributed by atoms with Gasteiger partial charge in [-0.3, -0.25) is 4.79 Å². The van der Waals surface area contributed by atoms with E-state index in [1.165, 1.54) is 39.3 Å². The summed E-state index contributed by atoms with van der Waals surface area (Å²) in [6.07, 6.45) is 3.21. The topological polar surface area (TPSA) is 111 Å². The molecule has 1 aliphatic rings. The number of esters is 1. The average Bonchev–Trinajstić information content (AvgIpc) is 2.68. The van der Waals surface area contributed by atoms with Gasteiger partial charge in [-0.2, -0.15) is 0 Å². The molecule has 0 spiro atoms. The summed E-state index contributed by atoms with van der Waals surface area (Å²) in [7, 11) is -1.23. The molecule has 2 rings (SSSR count). The van der Waals surface area contributed by atoms with Gasteiger partial charge >= 0.3 is 5.97 Å². The van der Waals surface area contributed by atoms with Gasteiger partial charge in [-0.05, 0) is 50.9 Å². The van der Waals surface area contributed by atoms with Crippen molar-refractivity contribution in [2.75, 3.05) is 14.2 Å². The minimum Gasteiger partial charge on any atom is -0.495 e. The smallest absolute Gasteiger partial charge is 0.338 e. The zero-order chi connectivity index (χ0) is 20.9. The van der Waals surface area contributed by atoms with Gasteiger partial charge < -0.3 is 14.8 Å². The molecule has 0 bridgehead atoms. The predicted molar refractivity (Wildman–Crippen MR) is 104 cm³/mol. The molecule has 2 N–H and O–H groups in total. The summed E-state index contributed by atoms with van der Waals surface area (Å²) in [5, 5.41) is 2.95. The second-order valence-corrected chi connectivity index (χ2v) is 8.85. The number of methoxy groups -OCH3 is 1. The molecule has 0 aromatic heterocycles. The predicted octanol–water partition coefficient (Wildman–Crippen LogP) is 1.84. The van der Waals surface area contributed by atoms with E-state index in [4.69, 9.17) is 9.47 Å². The van der Waals surface area contributed by atoms with Crippen molar-refractivity contribution in [3.8, 4) is 5.75 Å². The zero-order valence-electron chi connectivity index (χ0n) is 16.7. The lowest BCUT2D eigenvalue weighted by Crippen LogP contribution is -2.46. The lowest BCUT2D eigenvalue weighted by Gasteiger charge is -2.30. The molecule has 0 saturated heterocycles. The van der Waals surface area contributed by atoms with Crippen LogP contribution < -0.4 is 14.8 Å². The molecule has 0 radical (unpaired) electrons. The minimum atomic E-state index is -3.83. The summed E-state index contributed by atoms with van der Waals surface area (Å²) >= 11 is 0. The van der Waals surface area contributed by atoms with Crippen molar-refractivity contribution >= 4 is 21.9 Å². The number of carbonyl (C=O) groups excluding carboxylic acids is 2. The molecule has 1 aromatic rings. The van der Waals surface area contributed by atoms with Crippen LogP contribution in [0.4, 0.5) is 0 Å². The molecule has 8 nitrogen and oxygen atoms in total. The second-order valence-electron chi connectivity index (χ2n) is 7.00. The van der Waals surface area contributed by atoms with E-state index in [9.17, 15) is 18.0 Å². The van der Waals surface area contributed by atoms with Crippen molar-refractivity contribution in [3.63, 3.8) is 0 Å². The van der Waals surface area contributed by atoms with Crippen LogP contribution in [0, 0.1) is 5.92 Å². The van der Waals surface area contributed by atoms with Gasteiger partial charge in [0.15, 0.2) is 6.10 Å². The Kier molecular flexibility index (Phi) is 7.42. The Morgan fingerprint density at radius 1 is 1.21 bits per heavy atom. The van der Waals surface area contributed by atoms with Gasteiger partial charge in [0.2, 0.25) is 10.0 Å². The molecule has 28 heavy (non-hydrogen) atoms. The van der Waals surface area contributed by atoms with Crippen LogP contribution >= 0.6 is 0 Å². The fraction of sp³-hybridized carbons (Fsp3) is 0.579. The molecule has 1 aromatic carbocycles. The molecule has 156 valence electrons. The van der Waals surface area contributed by atoms with Gasteiger partial charge in [0.05, 0.1) is 12.7 Å². The third-order valence-corrected chi connectivity index (χ3v) is 6.49. The first kappa shape index (κ1) is 22.2. The highest BCUT2D eigenvalue weighted by molar-refractivity contribution is 7.89. The standard InChI is InChI=1S/C19H28N2O6S/c1-12-7-5-6-8-15(12)21-18(22)13(2)27-19(23)14-9-10-16(26-4)17(11-14)28(24,25)20-3/h9-13,15,20H,5-8H2,1-4H3,(H,21,22)/t12-,13+,15+/m0/s1. The third kappa shape index (κ3) is 5.23. The molecule has 0 aliphatic heterocycles. The zero-order valence-corrected chi connectivity index (χ0v) is 17.5. The lowest BCUT2D eigenvalue weighted by molar-refractivity contribution is -0.130. The summed E-state index contributed by atoms with van der Waals surface area (Å²) in [5.41, 5.74) is 0.0142. The van der Waals surface area contributed by atoms with Gasteiger partial charge in [0.1, 0.15) is 10.6 Å². The number of benzene rings is 1. The SMILES string of the molecule is CNS(=O)(=O)c1cc(C(=O)O[C@H](C)C(=O)N[C@@H]2CCCC[C@@H]2C)ccc1OC. The van der Waals surface area contributed by atoms with E-state index in [0.717, 1.165) is 25.7 Å². The van der Waals surface area contributed by atoms with E-state index in [1.807, 2.05) is 0 Å². The number of nitrogens with one attached hydrogen (secondary N) is 2. The fourth-order valence-electron chi connectivity index (χ4n) is 3.24. The van der Waals surface area contributed by atoms with Crippen molar-refractivity contribution in [2.24, 2.45) is 5.92 Å². The van der Waals surface area contributed by atoms with Gasteiger partial charge in [0.25, 0.3) is 5.91 Å². The van der Waals surface area contributed by atoms with Crippen LogP contribution in [0.25, 0.3) is 0 Å². The van der Waals surface area contributed by atoms with Crippen molar-refractivity contribution in [3.05, 3.63) is 23.8 Å². The van der Waals surface area contributed by atoms with E-state index in [2.05, 4.69) is 17.0 Å². The summed E-state index contributed by atoms with van der Waals surface area (Å²) in [4.78, 5) is 24.6. The Bertz CT molecular complexity index is 824. The second kappa shape index (κ2) is 9.38. The molecular formula is C19H28N2O6S. The average molecular weight is 413 g/mol. The molecule has 1 fully saturated rings. The van der Waals surface area contributed by atoms with Crippen LogP contribution in [-0.4, -0.2) is 46.6 Å². The first-order chi connectivity index (χ1) is 13.2. The highest BCUT2D eigenvalue weighted by atomic mass is 32.2. The number of hydrogen-bond acceptors (Lipinski definition) is 6. The molecule has 0 unspecified atom stereocenters. The highest BCUT2D eigenvalue weighted by Crippen LogP contribution is 2.26. The van der Waals surface area contributed by atoms with E-state index >= 15 is 0 Å². The lowest BCUT2D eigenvalue weighted by atomic mass is 9.86. The molecule has 9 heteroatoms. The first-order valence-electron chi connectivity index (χ1n) is 9.32. The van der Waals surface area contributed by atoms with E-state index in [-0.39, 0.29) is 28.2 Å². The van der Waals surface area contributed by atoms with Crippen LogP contribution in [0.3, 0.4) is 0 Å². The Morgan fingerprint density at radius 2 is 1.89 bits per heavy atom. The number of carbonyl (C=O) groups is 2. The number of sulfonamides is 1. The maximum absolute atomic E-state index is 12.4. The van der Waals surface area contributed by atoms with Crippen LogP contribution in [0.1, 0.15) is 49.9 Å².